The molecule has 7 heteroatoms. The highest BCUT2D eigenvalue weighted by Crippen LogP contribution is 2.51. The molecular weight excluding hydrogens is 444 g/mol. The summed E-state index contributed by atoms with van der Waals surface area (Å²) >= 11 is 0. The fraction of sp³-hybridized carbons (Fsp3) is 0.464. The molecule has 2 aliphatic carbocycles. The van der Waals surface area contributed by atoms with Gasteiger partial charge in [-0.05, 0) is 53.4 Å². The number of nitrogens with one attached hydrogen (secondary N) is 1. The number of carboxylic acid groups (broad SMARTS) is 1. The highest BCUT2D eigenvalue weighted by molar-refractivity contribution is 5.79. The highest BCUT2D eigenvalue weighted by atomic mass is 16.5. The number of nitrogens with zero attached hydrogens (tertiary/aromatic N) is 1. The zero-order valence-corrected chi connectivity index (χ0v) is 19.8. The molecule has 184 valence electrons. The summed E-state index contributed by atoms with van der Waals surface area (Å²) in [5, 5.41) is 12.0. The largest absolute Gasteiger partial charge is 0.481 e. The third-order valence-corrected chi connectivity index (χ3v) is 7.81. The van der Waals surface area contributed by atoms with E-state index in [-0.39, 0.29) is 29.6 Å². The summed E-state index contributed by atoms with van der Waals surface area (Å²) in [6.07, 6.45) is 3.25. The number of piperidine rings is 1. The number of rotatable bonds is 9. The maximum Gasteiger partial charge on any atom is 0.407 e. The Morgan fingerprint density at radius 1 is 0.943 bits per heavy atom. The molecule has 35 heavy (non-hydrogen) atoms. The first kappa shape index (κ1) is 23.4. The van der Waals surface area contributed by atoms with Crippen molar-refractivity contribution in [2.75, 3.05) is 26.2 Å². The summed E-state index contributed by atoms with van der Waals surface area (Å²) in [6, 6.07) is 16.5. The number of fused-ring (bicyclic) bond motifs is 4. The van der Waals surface area contributed by atoms with E-state index in [9.17, 15) is 19.5 Å². The van der Waals surface area contributed by atoms with E-state index in [1.54, 1.807) is 0 Å². The van der Waals surface area contributed by atoms with Crippen molar-refractivity contribution in [3.8, 4) is 11.1 Å². The maximum atomic E-state index is 12.5. The third-order valence-electron chi connectivity index (χ3n) is 7.81. The van der Waals surface area contributed by atoms with Crippen LogP contribution in [0.25, 0.3) is 11.1 Å². The fourth-order valence-corrected chi connectivity index (χ4v) is 5.91. The number of carbonyl (C=O) groups is 3. The van der Waals surface area contributed by atoms with Crippen LogP contribution in [-0.4, -0.2) is 54.2 Å². The van der Waals surface area contributed by atoms with Gasteiger partial charge in [-0.25, -0.2) is 4.79 Å². The van der Waals surface area contributed by atoms with Gasteiger partial charge in [0.25, 0.3) is 0 Å². The van der Waals surface area contributed by atoms with Gasteiger partial charge < -0.3 is 20.1 Å². The van der Waals surface area contributed by atoms with Gasteiger partial charge in [0.05, 0.1) is 5.92 Å². The molecule has 7 nitrogen and oxygen atoms in total. The second kappa shape index (κ2) is 10.1. The number of unbranched alkanes of at least 4 members (excludes halogenated alkanes) is 2. The predicted molar refractivity (Wildman–Crippen MR) is 131 cm³/mol. The van der Waals surface area contributed by atoms with Gasteiger partial charge in [-0.2, -0.15) is 0 Å². The zero-order valence-electron chi connectivity index (χ0n) is 19.8. The van der Waals surface area contributed by atoms with Gasteiger partial charge in [0.1, 0.15) is 6.61 Å². The third kappa shape index (κ3) is 4.90. The van der Waals surface area contributed by atoms with E-state index in [2.05, 4.69) is 29.6 Å². The summed E-state index contributed by atoms with van der Waals surface area (Å²) in [4.78, 5) is 37.7. The smallest absolute Gasteiger partial charge is 0.407 e. The minimum absolute atomic E-state index is 0.0469. The van der Waals surface area contributed by atoms with Gasteiger partial charge in [-0.3, -0.25) is 9.59 Å². The standard InChI is InChI=1S/C28H32N2O5/c31-25(30-15-13-22-23(16-30)26(22)27(32)33)12-2-1-7-14-29-28(34)35-17-24-20-10-5-3-8-18(20)19-9-4-6-11-21(19)24/h3-6,8-11,22-24,26H,1-2,7,12-17H2,(H,29,34)(H,32,33). The van der Waals surface area contributed by atoms with Gasteiger partial charge in [0.2, 0.25) is 5.91 Å². The SMILES string of the molecule is O=C(NCCCCCC(=O)N1CCC2C(C1)C2C(=O)O)OCC1c2ccccc2-c2ccccc21. The van der Waals surface area contributed by atoms with E-state index in [1.165, 1.54) is 22.3 Å². The van der Waals surface area contributed by atoms with Crippen LogP contribution >= 0.6 is 0 Å². The normalized spacial score (nSPS) is 22.1. The predicted octanol–water partition coefficient (Wildman–Crippen LogP) is 4.26. The molecule has 2 fully saturated rings. The Balaban J connectivity index is 0.978. The van der Waals surface area contributed by atoms with Crippen molar-refractivity contribution >= 4 is 18.0 Å². The number of ether oxygens (including phenoxy) is 1. The van der Waals surface area contributed by atoms with Gasteiger partial charge in [0.15, 0.2) is 0 Å². The summed E-state index contributed by atoms with van der Waals surface area (Å²) in [6.45, 7) is 2.07. The van der Waals surface area contributed by atoms with Gasteiger partial charge in [0, 0.05) is 32.0 Å². The number of amides is 2. The first-order valence-corrected chi connectivity index (χ1v) is 12.6. The molecular formula is C28H32N2O5. The number of alkyl carbamates (subject to hydrolysis) is 1. The molecule has 0 bridgehead atoms. The molecule has 2 aromatic carbocycles. The van der Waals surface area contributed by atoms with Crippen molar-refractivity contribution in [2.24, 2.45) is 17.8 Å². The Labute approximate surface area is 205 Å². The number of hydrogen-bond acceptors (Lipinski definition) is 4. The van der Waals surface area contributed by atoms with Gasteiger partial charge >= 0.3 is 12.1 Å². The lowest BCUT2D eigenvalue weighted by molar-refractivity contribution is -0.139. The molecule has 3 aliphatic rings. The van der Waals surface area contributed by atoms with E-state index in [4.69, 9.17) is 4.74 Å². The van der Waals surface area contributed by atoms with Crippen LogP contribution in [0.4, 0.5) is 4.79 Å². The second-order valence-electron chi connectivity index (χ2n) is 9.88. The topological polar surface area (TPSA) is 95.9 Å². The lowest BCUT2D eigenvalue weighted by Gasteiger charge is -2.26. The maximum absolute atomic E-state index is 12.5. The Morgan fingerprint density at radius 2 is 1.63 bits per heavy atom. The Hall–Kier alpha value is -3.35. The van der Waals surface area contributed by atoms with E-state index < -0.39 is 12.1 Å². The van der Waals surface area contributed by atoms with Crippen LogP contribution in [0.15, 0.2) is 48.5 Å². The van der Waals surface area contributed by atoms with E-state index in [0.29, 0.717) is 32.7 Å². The summed E-state index contributed by atoms with van der Waals surface area (Å²) in [5.74, 6) is -0.406. The minimum Gasteiger partial charge on any atom is -0.481 e. The number of hydrogen-bond donors (Lipinski definition) is 2. The highest BCUT2D eigenvalue weighted by Gasteiger charge is 2.57. The van der Waals surface area contributed by atoms with Crippen molar-refractivity contribution in [2.45, 2.75) is 38.0 Å². The molecule has 1 saturated carbocycles. The number of carbonyl (C=O) groups excluding carboxylic acids is 2. The quantitative estimate of drug-likeness (QED) is 0.527. The average Bonchev–Trinajstić information content (AvgIpc) is 3.52. The van der Waals surface area contributed by atoms with Gasteiger partial charge in [-0.15, -0.1) is 0 Å². The molecule has 2 amide bonds. The number of aliphatic carboxylic acids is 1. The van der Waals surface area contributed by atoms with Crippen LogP contribution in [0.1, 0.15) is 49.1 Å². The van der Waals surface area contributed by atoms with Crippen molar-refractivity contribution in [3.05, 3.63) is 59.7 Å². The molecule has 1 saturated heterocycles. The van der Waals surface area contributed by atoms with Crippen molar-refractivity contribution in [1.29, 1.82) is 0 Å². The van der Waals surface area contributed by atoms with Crippen molar-refractivity contribution in [3.63, 3.8) is 0 Å². The Bertz CT molecular complexity index is 1070. The second-order valence-corrected chi connectivity index (χ2v) is 9.88. The zero-order chi connectivity index (χ0) is 24.4. The van der Waals surface area contributed by atoms with E-state index >= 15 is 0 Å². The molecule has 0 spiro atoms. The Kier molecular flexibility index (Phi) is 6.75. The van der Waals surface area contributed by atoms with Crippen LogP contribution < -0.4 is 5.32 Å². The average molecular weight is 477 g/mol. The summed E-state index contributed by atoms with van der Waals surface area (Å²) in [7, 11) is 0. The molecule has 2 N–H and O–H groups in total. The molecule has 0 aromatic heterocycles. The molecule has 1 aliphatic heterocycles. The molecule has 0 radical (unpaired) electrons. The first-order valence-electron chi connectivity index (χ1n) is 12.6. The van der Waals surface area contributed by atoms with Crippen molar-refractivity contribution in [1.82, 2.24) is 10.2 Å². The van der Waals surface area contributed by atoms with Crippen LogP contribution in [0.3, 0.4) is 0 Å². The monoisotopic (exact) mass is 476 g/mol. The minimum atomic E-state index is -0.724. The molecule has 3 unspecified atom stereocenters. The fourth-order valence-electron chi connectivity index (χ4n) is 5.91. The molecule has 3 atom stereocenters. The Morgan fingerprint density at radius 3 is 2.31 bits per heavy atom. The van der Waals surface area contributed by atoms with Crippen molar-refractivity contribution < 1.29 is 24.2 Å². The lowest BCUT2D eigenvalue weighted by atomic mass is 9.98. The van der Waals surface area contributed by atoms with E-state index in [1.807, 2.05) is 29.2 Å². The van der Waals surface area contributed by atoms with Crippen LogP contribution in [0.5, 0.6) is 0 Å². The number of benzene rings is 2. The van der Waals surface area contributed by atoms with Crippen LogP contribution in [0.2, 0.25) is 0 Å². The molecule has 2 aromatic rings. The van der Waals surface area contributed by atoms with Gasteiger partial charge in [-0.1, -0.05) is 55.0 Å². The molecule has 5 rings (SSSR count). The summed E-state index contributed by atoms with van der Waals surface area (Å²) in [5.41, 5.74) is 4.79. The summed E-state index contributed by atoms with van der Waals surface area (Å²) < 4.78 is 5.55. The van der Waals surface area contributed by atoms with Crippen LogP contribution in [-0.2, 0) is 14.3 Å². The lowest BCUT2D eigenvalue weighted by Crippen LogP contribution is -2.36. The van der Waals surface area contributed by atoms with Crippen LogP contribution in [0, 0.1) is 17.8 Å². The number of likely N-dealkylation sites (tertiary alicyclic amines) is 1. The number of carboxylic acids is 1. The first-order chi connectivity index (χ1) is 17.0. The van der Waals surface area contributed by atoms with E-state index in [0.717, 1.165) is 25.7 Å². The molecule has 1 heterocycles.